The van der Waals surface area contributed by atoms with E-state index in [-0.39, 0.29) is 12.2 Å². The van der Waals surface area contributed by atoms with E-state index in [0.29, 0.717) is 16.8 Å². The van der Waals surface area contributed by atoms with E-state index in [1.54, 1.807) is 12.1 Å². The topological polar surface area (TPSA) is 54.7 Å². The Kier molecular flexibility index (Phi) is 3.66. The Bertz CT molecular complexity index is 508. The molecule has 3 nitrogen and oxygen atoms in total. The van der Waals surface area contributed by atoms with E-state index in [1.165, 1.54) is 18.3 Å². The number of nitrogens with two attached hydrogens (primary N) is 1. The number of alkyl halides is 2. The van der Waals surface area contributed by atoms with Gasteiger partial charge in [0.2, 0.25) is 0 Å². The van der Waals surface area contributed by atoms with E-state index in [0.717, 1.165) is 0 Å². The molecule has 0 aliphatic carbocycles. The van der Waals surface area contributed by atoms with Crippen molar-refractivity contribution in [3.05, 3.63) is 41.8 Å². The molecule has 0 fully saturated rings. The third-order valence-electron chi connectivity index (χ3n) is 2.63. The predicted octanol–water partition coefficient (Wildman–Crippen LogP) is 2.35. The van der Waals surface area contributed by atoms with E-state index >= 15 is 0 Å². The van der Waals surface area contributed by atoms with Gasteiger partial charge in [0.25, 0.3) is 6.43 Å². The molecule has 0 bridgehead atoms. The predicted molar refractivity (Wildman–Crippen MR) is 61.7 cm³/mol. The fourth-order valence-corrected chi connectivity index (χ4v) is 1.68. The van der Waals surface area contributed by atoms with Crippen LogP contribution in [-0.4, -0.2) is 22.7 Å². The molecule has 1 unspecified atom stereocenters. The Labute approximate surface area is 102 Å². The summed E-state index contributed by atoms with van der Waals surface area (Å²) in [6.45, 7) is 0. The van der Waals surface area contributed by atoms with Crippen molar-refractivity contribution in [1.29, 1.82) is 0 Å². The van der Waals surface area contributed by atoms with Crippen LogP contribution >= 0.6 is 0 Å². The highest BCUT2D eigenvalue weighted by molar-refractivity contribution is 5.62. The number of aromatic amines is 1. The average Bonchev–Trinajstić information content (AvgIpc) is 2.78. The summed E-state index contributed by atoms with van der Waals surface area (Å²) in [5.74, 6) is -0.357. The maximum atomic E-state index is 12.8. The molecule has 1 heterocycles. The molecule has 0 aliphatic rings. The Hall–Kier alpha value is -1.82. The number of rotatable bonds is 4. The molecular weight excluding hydrogens is 243 g/mol. The van der Waals surface area contributed by atoms with Gasteiger partial charge in [-0.05, 0) is 36.2 Å². The summed E-state index contributed by atoms with van der Waals surface area (Å²) in [4.78, 5) is 0. The van der Waals surface area contributed by atoms with Gasteiger partial charge in [-0.1, -0.05) is 0 Å². The summed E-state index contributed by atoms with van der Waals surface area (Å²) in [6, 6.07) is 4.47. The highest BCUT2D eigenvalue weighted by Crippen LogP contribution is 2.22. The van der Waals surface area contributed by atoms with Crippen molar-refractivity contribution in [1.82, 2.24) is 10.2 Å². The maximum absolute atomic E-state index is 12.8. The summed E-state index contributed by atoms with van der Waals surface area (Å²) >= 11 is 0. The number of nitrogens with zero attached hydrogens (tertiary/aromatic N) is 1. The Balaban J connectivity index is 2.25. The zero-order chi connectivity index (χ0) is 13.1. The molecule has 0 aliphatic heterocycles. The van der Waals surface area contributed by atoms with Gasteiger partial charge in [-0.15, -0.1) is 0 Å². The van der Waals surface area contributed by atoms with Gasteiger partial charge in [-0.3, -0.25) is 5.10 Å². The third-order valence-corrected chi connectivity index (χ3v) is 2.63. The monoisotopic (exact) mass is 255 g/mol. The van der Waals surface area contributed by atoms with E-state index < -0.39 is 12.5 Å². The fourth-order valence-electron chi connectivity index (χ4n) is 1.68. The SMILES string of the molecule is NC(Cc1cn[nH]c1-c1ccc(F)cc1)C(F)F. The normalized spacial score (nSPS) is 12.9. The molecule has 0 spiro atoms. The van der Waals surface area contributed by atoms with E-state index in [2.05, 4.69) is 10.2 Å². The van der Waals surface area contributed by atoms with E-state index in [9.17, 15) is 13.2 Å². The summed E-state index contributed by atoms with van der Waals surface area (Å²) in [5, 5.41) is 6.53. The fraction of sp³-hybridized carbons (Fsp3) is 0.250. The van der Waals surface area contributed by atoms with Gasteiger partial charge in [0.05, 0.1) is 17.9 Å². The van der Waals surface area contributed by atoms with Crippen LogP contribution in [0.25, 0.3) is 11.3 Å². The van der Waals surface area contributed by atoms with Crippen molar-refractivity contribution in [2.75, 3.05) is 0 Å². The van der Waals surface area contributed by atoms with Crippen molar-refractivity contribution in [2.24, 2.45) is 5.73 Å². The van der Waals surface area contributed by atoms with Crippen LogP contribution in [0.3, 0.4) is 0 Å². The lowest BCUT2D eigenvalue weighted by molar-refractivity contribution is 0.116. The highest BCUT2D eigenvalue weighted by atomic mass is 19.3. The van der Waals surface area contributed by atoms with Gasteiger partial charge in [-0.2, -0.15) is 5.10 Å². The van der Waals surface area contributed by atoms with Crippen LogP contribution in [-0.2, 0) is 6.42 Å². The molecule has 2 aromatic rings. The standard InChI is InChI=1S/C12H12F3N3/c13-9-3-1-7(2-4-9)11-8(6-17-18-11)5-10(16)12(14)15/h1-4,6,10,12H,5,16H2,(H,17,18). The number of benzene rings is 1. The summed E-state index contributed by atoms with van der Waals surface area (Å²) < 4.78 is 37.6. The van der Waals surface area contributed by atoms with Crippen LogP contribution in [0.4, 0.5) is 13.2 Å². The van der Waals surface area contributed by atoms with Gasteiger partial charge in [-0.25, -0.2) is 13.2 Å². The molecule has 6 heteroatoms. The van der Waals surface area contributed by atoms with Crippen molar-refractivity contribution in [2.45, 2.75) is 18.9 Å². The number of hydrogen-bond acceptors (Lipinski definition) is 2. The number of halogens is 3. The first-order chi connectivity index (χ1) is 8.58. The van der Waals surface area contributed by atoms with Crippen molar-refractivity contribution in [3.8, 4) is 11.3 Å². The van der Waals surface area contributed by atoms with Crippen LogP contribution in [0.1, 0.15) is 5.56 Å². The quantitative estimate of drug-likeness (QED) is 0.881. The lowest BCUT2D eigenvalue weighted by Crippen LogP contribution is -2.30. The van der Waals surface area contributed by atoms with Crippen LogP contribution in [0.2, 0.25) is 0 Å². The first kappa shape index (κ1) is 12.6. The summed E-state index contributed by atoms with van der Waals surface area (Å²) in [7, 11) is 0. The highest BCUT2D eigenvalue weighted by Gasteiger charge is 2.18. The summed E-state index contributed by atoms with van der Waals surface area (Å²) in [6.07, 6.45) is -1.11. The van der Waals surface area contributed by atoms with Crippen LogP contribution in [0.15, 0.2) is 30.5 Å². The van der Waals surface area contributed by atoms with Gasteiger partial charge in [0.1, 0.15) is 5.82 Å². The molecule has 2 rings (SSSR count). The lowest BCUT2D eigenvalue weighted by Gasteiger charge is -2.10. The Morgan fingerprint density at radius 2 is 1.89 bits per heavy atom. The van der Waals surface area contributed by atoms with Crippen LogP contribution < -0.4 is 5.73 Å². The van der Waals surface area contributed by atoms with Gasteiger partial charge >= 0.3 is 0 Å². The largest absolute Gasteiger partial charge is 0.323 e. The van der Waals surface area contributed by atoms with Crippen molar-refractivity contribution >= 4 is 0 Å². The molecular formula is C12H12F3N3. The minimum absolute atomic E-state index is 0.0148. The smallest absolute Gasteiger partial charge is 0.253 e. The molecule has 0 saturated carbocycles. The molecule has 1 atom stereocenters. The molecule has 0 amide bonds. The minimum Gasteiger partial charge on any atom is -0.323 e. The number of H-pyrrole nitrogens is 1. The molecule has 96 valence electrons. The van der Waals surface area contributed by atoms with Crippen LogP contribution in [0.5, 0.6) is 0 Å². The average molecular weight is 255 g/mol. The first-order valence-electron chi connectivity index (χ1n) is 5.40. The number of hydrogen-bond donors (Lipinski definition) is 2. The second-order valence-corrected chi connectivity index (χ2v) is 3.98. The molecule has 0 radical (unpaired) electrons. The van der Waals surface area contributed by atoms with Gasteiger partial charge in [0.15, 0.2) is 0 Å². The van der Waals surface area contributed by atoms with Gasteiger partial charge in [0, 0.05) is 5.56 Å². The first-order valence-corrected chi connectivity index (χ1v) is 5.40. The van der Waals surface area contributed by atoms with Crippen molar-refractivity contribution in [3.63, 3.8) is 0 Å². The Morgan fingerprint density at radius 1 is 1.22 bits per heavy atom. The van der Waals surface area contributed by atoms with E-state index in [4.69, 9.17) is 5.73 Å². The second kappa shape index (κ2) is 5.22. The number of aromatic nitrogens is 2. The maximum Gasteiger partial charge on any atom is 0.253 e. The third kappa shape index (κ3) is 2.70. The van der Waals surface area contributed by atoms with Gasteiger partial charge < -0.3 is 5.73 Å². The van der Waals surface area contributed by atoms with E-state index in [1.807, 2.05) is 0 Å². The Morgan fingerprint density at radius 3 is 2.50 bits per heavy atom. The molecule has 18 heavy (non-hydrogen) atoms. The lowest BCUT2D eigenvalue weighted by atomic mass is 10.0. The number of nitrogens with one attached hydrogen (secondary N) is 1. The minimum atomic E-state index is -2.58. The summed E-state index contributed by atoms with van der Waals surface area (Å²) in [5.41, 5.74) is 7.19. The molecule has 3 N–H and O–H groups in total. The molecule has 0 saturated heterocycles. The zero-order valence-electron chi connectivity index (χ0n) is 9.41. The van der Waals surface area contributed by atoms with Crippen molar-refractivity contribution < 1.29 is 13.2 Å². The zero-order valence-corrected chi connectivity index (χ0v) is 9.41. The molecule has 1 aromatic carbocycles. The molecule has 1 aromatic heterocycles. The second-order valence-electron chi connectivity index (χ2n) is 3.98. The van der Waals surface area contributed by atoms with Crippen LogP contribution in [0, 0.1) is 5.82 Å².